The second kappa shape index (κ2) is 6.70. The molecule has 0 saturated carbocycles. The average Bonchev–Trinajstić information content (AvgIpc) is 2.76. The van der Waals surface area contributed by atoms with E-state index in [1.165, 1.54) is 0 Å². The van der Waals surface area contributed by atoms with E-state index in [-0.39, 0.29) is 17.9 Å². The Morgan fingerprint density at radius 2 is 2.11 bits per heavy atom. The van der Waals surface area contributed by atoms with Crippen LogP contribution in [-0.2, 0) is 21.5 Å². The third-order valence-corrected chi connectivity index (χ3v) is 2.76. The number of carbonyl (C=O) groups is 1. The van der Waals surface area contributed by atoms with E-state index >= 15 is 0 Å². The van der Waals surface area contributed by atoms with Crippen molar-refractivity contribution in [3.63, 3.8) is 0 Å². The largest absolute Gasteiger partial charge is 0.465 e. The van der Waals surface area contributed by atoms with Gasteiger partial charge in [-0.25, -0.2) is 4.98 Å². The second-order valence-electron chi connectivity index (χ2n) is 5.48. The van der Waals surface area contributed by atoms with Crippen LogP contribution in [0.4, 0.5) is 0 Å². The van der Waals surface area contributed by atoms with Gasteiger partial charge < -0.3 is 9.15 Å². The van der Waals surface area contributed by atoms with Gasteiger partial charge in [0.25, 0.3) is 0 Å². The second-order valence-corrected chi connectivity index (χ2v) is 5.48. The minimum atomic E-state index is -0.216. The van der Waals surface area contributed by atoms with Crippen LogP contribution in [0.25, 0.3) is 0 Å². The minimum absolute atomic E-state index is 0.0521. The van der Waals surface area contributed by atoms with Crippen LogP contribution in [0.3, 0.4) is 0 Å². The first-order valence-electron chi connectivity index (χ1n) is 6.70. The van der Waals surface area contributed by atoms with Crippen LogP contribution in [0.15, 0.2) is 10.6 Å². The zero-order valence-electron chi connectivity index (χ0n) is 12.5. The van der Waals surface area contributed by atoms with Crippen LogP contribution in [0.1, 0.15) is 46.3 Å². The highest BCUT2D eigenvalue weighted by Crippen LogP contribution is 2.23. The van der Waals surface area contributed by atoms with Gasteiger partial charge in [-0.15, -0.1) is 0 Å². The van der Waals surface area contributed by atoms with Crippen molar-refractivity contribution in [1.82, 2.24) is 9.88 Å². The van der Waals surface area contributed by atoms with E-state index in [0.717, 1.165) is 12.3 Å². The van der Waals surface area contributed by atoms with E-state index in [1.807, 2.05) is 11.8 Å². The van der Waals surface area contributed by atoms with Gasteiger partial charge in [-0.2, -0.15) is 0 Å². The number of hydrogen-bond acceptors (Lipinski definition) is 5. The molecular formula is C14H24N2O3. The zero-order chi connectivity index (χ0) is 14.5. The van der Waals surface area contributed by atoms with Gasteiger partial charge in [-0.05, 0) is 13.5 Å². The molecule has 0 aromatic carbocycles. The maximum atomic E-state index is 11.5. The summed E-state index contributed by atoms with van der Waals surface area (Å²) in [4.78, 5) is 17.7. The van der Waals surface area contributed by atoms with Gasteiger partial charge in [0.1, 0.15) is 5.76 Å². The highest BCUT2D eigenvalue weighted by molar-refractivity contribution is 5.71. The lowest BCUT2D eigenvalue weighted by atomic mass is 9.94. The number of carbonyl (C=O) groups excluding carboxylic acids is 1. The molecule has 0 aliphatic heterocycles. The topological polar surface area (TPSA) is 55.6 Å². The summed E-state index contributed by atoms with van der Waals surface area (Å²) in [6.45, 7) is 12.0. The van der Waals surface area contributed by atoms with Gasteiger partial charge in [0.15, 0.2) is 0 Å². The molecule has 0 unspecified atom stereocenters. The Kier molecular flexibility index (Phi) is 5.54. The van der Waals surface area contributed by atoms with E-state index in [1.54, 1.807) is 13.1 Å². The van der Waals surface area contributed by atoms with Gasteiger partial charge in [0.05, 0.1) is 25.9 Å². The van der Waals surface area contributed by atoms with E-state index in [4.69, 9.17) is 9.15 Å². The summed E-state index contributed by atoms with van der Waals surface area (Å²) in [7, 11) is 0. The van der Waals surface area contributed by atoms with E-state index in [9.17, 15) is 4.79 Å². The predicted octanol–water partition coefficient (Wildman–Crippen LogP) is 2.36. The lowest BCUT2D eigenvalue weighted by molar-refractivity contribution is -0.144. The van der Waals surface area contributed by atoms with Crippen molar-refractivity contribution < 1.29 is 13.9 Å². The molecule has 19 heavy (non-hydrogen) atoms. The first kappa shape index (κ1) is 15.7. The SMILES string of the molecule is CCOC(=O)CN(CC)Cc1ncc(C(C)(C)C)o1. The van der Waals surface area contributed by atoms with Crippen molar-refractivity contribution in [3.8, 4) is 0 Å². The molecule has 1 heterocycles. The summed E-state index contributed by atoms with van der Waals surface area (Å²) in [5, 5.41) is 0. The lowest BCUT2D eigenvalue weighted by Crippen LogP contribution is -2.30. The minimum Gasteiger partial charge on any atom is -0.465 e. The number of nitrogens with zero attached hydrogens (tertiary/aromatic N) is 2. The maximum Gasteiger partial charge on any atom is 0.320 e. The number of rotatable bonds is 6. The number of aromatic nitrogens is 1. The molecule has 0 spiro atoms. The van der Waals surface area contributed by atoms with Crippen molar-refractivity contribution in [2.45, 2.75) is 46.6 Å². The fourth-order valence-electron chi connectivity index (χ4n) is 1.59. The molecule has 5 nitrogen and oxygen atoms in total. The van der Waals surface area contributed by atoms with Crippen molar-refractivity contribution in [3.05, 3.63) is 17.8 Å². The Morgan fingerprint density at radius 1 is 1.42 bits per heavy atom. The molecule has 0 amide bonds. The van der Waals surface area contributed by atoms with Crippen LogP contribution >= 0.6 is 0 Å². The number of ether oxygens (including phenoxy) is 1. The molecular weight excluding hydrogens is 244 g/mol. The van der Waals surface area contributed by atoms with Crippen molar-refractivity contribution in [1.29, 1.82) is 0 Å². The third-order valence-electron chi connectivity index (χ3n) is 2.76. The summed E-state index contributed by atoms with van der Waals surface area (Å²) in [6.07, 6.45) is 1.76. The molecule has 1 rings (SSSR count). The van der Waals surface area contributed by atoms with Crippen LogP contribution < -0.4 is 0 Å². The average molecular weight is 268 g/mol. The molecule has 0 saturated heterocycles. The van der Waals surface area contributed by atoms with Crippen molar-refractivity contribution in [2.24, 2.45) is 0 Å². The Labute approximate surface area is 114 Å². The molecule has 5 heteroatoms. The van der Waals surface area contributed by atoms with Gasteiger partial charge in [0, 0.05) is 5.41 Å². The molecule has 1 aromatic rings. The predicted molar refractivity (Wildman–Crippen MR) is 72.8 cm³/mol. The molecule has 0 aliphatic rings. The van der Waals surface area contributed by atoms with Crippen LogP contribution in [0.5, 0.6) is 0 Å². The lowest BCUT2D eigenvalue weighted by Gasteiger charge is -2.17. The Balaban J connectivity index is 2.61. The molecule has 0 fully saturated rings. The van der Waals surface area contributed by atoms with Crippen molar-refractivity contribution in [2.75, 3.05) is 19.7 Å². The summed E-state index contributed by atoms with van der Waals surface area (Å²) in [5.41, 5.74) is -0.0521. The summed E-state index contributed by atoms with van der Waals surface area (Å²) >= 11 is 0. The first-order valence-corrected chi connectivity index (χ1v) is 6.70. The Morgan fingerprint density at radius 3 is 2.58 bits per heavy atom. The monoisotopic (exact) mass is 268 g/mol. The van der Waals surface area contributed by atoms with Gasteiger partial charge in [0.2, 0.25) is 5.89 Å². The highest BCUT2D eigenvalue weighted by Gasteiger charge is 2.20. The van der Waals surface area contributed by atoms with Gasteiger partial charge in [-0.3, -0.25) is 9.69 Å². The zero-order valence-corrected chi connectivity index (χ0v) is 12.5. The number of likely N-dealkylation sites (N-methyl/N-ethyl adjacent to an activating group) is 1. The maximum absolute atomic E-state index is 11.5. The van der Waals surface area contributed by atoms with E-state index in [2.05, 4.69) is 25.8 Å². The first-order chi connectivity index (χ1) is 8.86. The third kappa shape index (κ3) is 5.03. The molecule has 1 aromatic heterocycles. The van der Waals surface area contributed by atoms with Gasteiger partial charge >= 0.3 is 5.97 Å². The van der Waals surface area contributed by atoms with E-state index < -0.39 is 0 Å². The molecule has 0 N–H and O–H groups in total. The smallest absolute Gasteiger partial charge is 0.320 e. The molecule has 0 radical (unpaired) electrons. The molecule has 108 valence electrons. The normalized spacial score (nSPS) is 11.9. The summed E-state index contributed by atoms with van der Waals surface area (Å²) in [5.74, 6) is 1.28. The van der Waals surface area contributed by atoms with E-state index in [0.29, 0.717) is 19.0 Å². The molecule has 0 atom stereocenters. The van der Waals surface area contributed by atoms with Crippen LogP contribution in [0.2, 0.25) is 0 Å². The van der Waals surface area contributed by atoms with Gasteiger partial charge in [-0.1, -0.05) is 27.7 Å². The molecule has 0 aliphatic carbocycles. The Bertz CT molecular complexity index is 407. The van der Waals surface area contributed by atoms with Crippen LogP contribution in [0, 0.1) is 0 Å². The number of esters is 1. The standard InChI is InChI=1S/C14H24N2O3/c1-6-16(10-13(17)18-7-2)9-12-15-8-11(19-12)14(3,4)5/h8H,6-7,9-10H2,1-5H3. The summed E-state index contributed by atoms with van der Waals surface area (Å²) in [6, 6.07) is 0. The van der Waals surface area contributed by atoms with Crippen LogP contribution in [-0.4, -0.2) is 35.5 Å². The number of hydrogen-bond donors (Lipinski definition) is 0. The number of oxazole rings is 1. The highest BCUT2D eigenvalue weighted by atomic mass is 16.5. The fraction of sp³-hybridized carbons (Fsp3) is 0.714. The fourth-order valence-corrected chi connectivity index (χ4v) is 1.59. The summed E-state index contributed by atoms with van der Waals surface area (Å²) < 4.78 is 10.7. The van der Waals surface area contributed by atoms with Crippen molar-refractivity contribution >= 4 is 5.97 Å². The quantitative estimate of drug-likeness (QED) is 0.741. The molecule has 0 bridgehead atoms. The Hall–Kier alpha value is -1.36.